The van der Waals surface area contributed by atoms with Crippen molar-refractivity contribution in [1.29, 1.82) is 0 Å². The van der Waals surface area contributed by atoms with Gasteiger partial charge in [0.15, 0.2) is 0 Å². The third kappa shape index (κ3) is 4.81. The van der Waals surface area contributed by atoms with Crippen molar-refractivity contribution in [3.63, 3.8) is 0 Å². The number of nitrogens with one attached hydrogen (secondary N) is 2. The van der Waals surface area contributed by atoms with E-state index in [0.29, 0.717) is 11.4 Å². The highest BCUT2D eigenvalue weighted by atomic mass is 16.2. The molecule has 6 heteroatoms. The number of hydrogen-bond acceptors (Lipinski definition) is 3. The lowest BCUT2D eigenvalue weighted by Crippen LogP contribution is -2.51. The van der Waals surface area contributed by atoms with E-state index in [0.717, 1.165) is 0 Å². The molecule has 1 rings (SSSR count). The van der Waals surface area contributed by atoms with Crippen molar-refractivity contribution < 1.29 is 9.59 Å². The Hall–Kier alpha value is -1.98. The van der Waals surface area contributed by atoms with E-state index >= 15 is 0 Å². The minimum atomic E-state index is -0.617. The van der Waals surface area contributed by atoms with Crippen molar-refractivity contribution >= 4 is 17.5 Å². The topological polar surface area (TPSA) is 89.2 Å². The molecule has 0 radical (unpaired) electrons. The molecular formula is C15H26N4O2. The molecule has 21 heavy (non-hydrogen) atoms. The zero-order valence-electron chi connectivity index (χ0n) is 13.7. The second-order valence-corrected chi connectivity index (χ2v) is 6.59. The largest absolute Gasteiger partial charge is 0.397 e. The van der Waals surface area contributed by atoms with Gasteiger partial charge >= 0.3 is 0 Å². The molecule has 6 nitrogen and oxygen atoms in total. The van der Waals surface area contributed by atoms with Crippen molar-refractivity contribution in [1.82, 2.24) is 15.2 Å². The van der Waals surface area contributed by atoms with Gasteiger partial charge in [-0.1, -0.05) is 0 Å². The first kappa shape index (κ1) is 17.1. The predicted octanol–water partition coefficient (Wildman–Crippen LogP) is 1.68. The smallest absolute Gasteiger partial charge is 0.268 e. The van der Waals surface area contributed by atoms with Crippen molar-refractivity contribution in [2.75, 3.05) is 5.73 Å². The third-order valence-corrected chi connectivity index (χ3v) is 2.90. The Morgan fingerprint density at radius 1 is 1.24 bits per heavy atom. The van der Waals surface area contributed by atoms with Crippen molar-refractivity contribution in [3.8, 4) is 0 Å². The van der Waals surface area contributed by atoms with Gasteiger partial charge in [-0.15, -0.1) is 0 Å². The molecule has 1 aromatic heterocycles. The van der Waals surface area contributed by atoms with Crippen LogP contribution in [0.5, 0.6) is 0 Å². The standard InChI is InChI=1S/C15H26N4O2/c1-9(2)19-8-11(16)7-12(19)14(21)17-10(3)13(20)18-15(4,5)6/h7-10H,16H2,1-6H3,(H,17,21)(H,18,20). The molecule has 0 spiro atoms. The maximum Gasteiger partial charge on any atom is 0.268 e. The van der Waals surface area contributed by atoms with Gasteiger partial charge < -0.3 is 20.9 Å². The quantitative estimate of drug-likeness (QED) is 0.789. The van der Waals surface area contributed by atoms with Crippen LogP contribution in [-0.2, 0) is 4.79 Å². The number of nitrogens with two attached hydrogens (primary N) is 1. The summed E-state index contributed by atoms with van der Waals surface area (Å²) in [6.07, 6.45) is 1.72. The number of anilines is 1. The normalized spacial score (nSPS) is 13.1. The number of aromatic nitrogens is 1. The van der Waals surface area contributed by atoms with Gasteiger partial charge in [0.25, 0.3) is 5.91 Å². The SMILES string of the molecule is CC(NC(=O)c1cc(N)cn1C(C)C)C(=O)NC(C)(C)C. The van der Waals surface area contributed by atoms with Crippen LogP contribution in [0.2, 0.25) is 0 Å². The molecule has 0 aliphatic heterocycles. The van der Waals surface area contributed by atoms with Crippen LogP contribution in [0.15, 0.2) is 12.3 Å². The summed E-state index contributed by atoms with van der Waals surface area (Å²) in [6.45, 7) is 11.3. The van der Waals surface area contributed by atoms with Gasteiger partial charge in [0.1, 0.15) is 11.7 Å². The molecule has 2 amide bonds. The molecule has 0 aromatic carbocycles. The maximum absolute atomic E-state index is 12.3. The number of hydrogen-bond donors (Lipinski definition) is 3. The number of rotatable bonds is 4. The van der Waals surface area contributed by atoms with E-state index in [9.17, 15) is 9.59 Å². The number of amides is 2. The molecular weight excluding hydrogens is 268 g/mol. The summed E-state index contributed by atoms with van der Waals surface area (Å²) in [7, 11) is 0. The van der Waals surface area contributed by atoms with Crippen LogP contribution in [0.3, 0.4) is 0 Å². The first-order valence-electron chi connectivity index (χ1n) is 7.11. The number of carbonyl (C=O) groups excluding carboxylic acids is 2. The highest BCUT2D eigenvalue weighted by Crippen LogP contribution is 2.16. The molecule has 0 fully saturated rings. The van der Waals surface area contributed by atoms with Crippen LogP contribution >= 0.6 is 0 Å². The average Bonchev–Trinajstić information content (AvgIpc) is 2.69. The van der Waals surface area contributed by atoms with E-state index in [-0.39, 0.29) is 23.4 Å². The predicted molar refractivity (Wildman–Crippen MR) is 84.1 cm³/mol. The fraction of sp³-hybridized carbons (Fsp3) is 0.600. The van der Waals surface area contributed by atoms with Crippen LogP contribution in [-0.4, -0.2) is 28.0 Å². The van der Waals surface area contributed by atoms with E-state index in [1.165, 1.54) is 0 Å². The summed E-state index contributed by atoms with van der Waals surface area (Å²) in [4.78, 5) is 24.3. The molecule has 0 saturated carbocycles. The summed E-state index contributed by atoms with van der Waals surface area (Å²) in [5, 5.41) is 5.53. The highest BCUT2D eigenvalue weighted by molar-refractivity contribution is 5.97. The highest BCUT2D eigenvalue weighted by Gasteiger charge is 2.23. The molecule has 1 unspecified atom stereocenters. The molecule has 0 aliphatic rings. The molecule has 4 N–H and O–H groups in total. The first-order valence-corrected chi connectivity index (χ1v) is 7.11. The number of carbonyl (C=O) groups is 2. The van der Waals surface area contributed by atoms with Gasteiger partial charge in [-0.05, 0) is 47.6 Å². The Labute approximate surface area is 126 Å². The Kier molecular flexibility index (Phi) is 5.04. The van der Waals surface area contributed by atoms with E-state index in [1.54, 1.807) is 23.8 Å². The van der Waals surface area contributed by atoms with Crippen LogP contribution in [0, 0.1) is 0 Å². The summed E-state index contributed by atoms with van der Waals surface area (Å²) in [5.74, 6) is -0.525. The summed E-state index contributed by atoms with van der Waals surface area (Å²) < 4.78 is 1.79. The maximum atomic E-state index is 12.3. The van der Waals surface area contributed by atoms with E-state index in [2.05, 4.69) is 10.6 Å². The molecule has 1 heterocycles. The van der Waals surface area contributed by atoms with E-state index in [1.807, 2.05) is 34.6 Å². The second kappa shape index (κ2) is 6.20. The molecule has 118 valence electrons. The Bertz CT molecular complexity index is 526. The lowest BCUT2D eigenvalue weighted by atomic mass is 10.1. The minimum absolute atomic E-state index is 0.113. The van der Waals surface area contributed by atoms with Crippen LogP contribution in [0.25, 0.3) is 0 Å². The second-order valence-electron chi connectivity index (χ2n) is 6.59. The fourth-order valence-corrected chi connectivity index (χ4v) is 1.92. The lowest BCUT2D eigenvalue weighted by Gasteiger charge is -2.24. The molecule has 1 aromatic rings. The molecule has 1 atom stereocenters. The van der Waals surface area contributed by atoms with Gasteiger partial charge in [-0.2, -0.15) is 0 Å². The van der Waals surface area contributed by atoms with Crippen LogP contribution in [0.1, 0.15) is 58.1 Å². The third-order valence-electron chi connectivity index (χ3n) is 2.90. The zero-order valence-corrected chi connectivity index (χ0v) is 13.7. The Morgan fingerprint density at radius 2 is 1.81 bits per heavy atom. The Morgan fingerprint density at radius 3 is 2.29 bits per heavy atom. The Balaban J connectivity index is 2.80. The van der Waals surface area contributed by atoms with Crippen LogP contribution in [0.4, 0.5) is 5.69 Å². The lowest BCUT2D eigenvalue weighted by molar-refractivity contribution is -0.124. The van der Waals surface area contributed by atoms with Gasteiger partial charge in [0.05, 0.1) is 5.69 Å². The number of nitrogen functional groups attached to an aromatic ring is 1. The summed E-state index contributed by atoms with van der Waals surface area (Å²) >= 11 is 0. The minimum Gasteiger partial charge on any atom is -0.397 e. The van der Waals surface area contributed by atoms with Gasteiger partial charge in [0, 0.05) is 17.8 Å². The van der Waals surface area contributed by atoms with E-state index < -0.39 is 6.04 Å². The van der Waals surface area contributed by atoms with Crippen molar-refractivity contribution in [2.24, 2.45) is 0 Å². The first-order chi connectivity index (χ1) is 9.51. The number of nitrogens with zero attached hydrogens (tertiary/aromatic N) is 1. The van der Waals surface area contributed by atoms with E-state index in [4.69, 9.17) is 5.73 Å². The van der Waals surface area contributed by atoms with Crippen molar-refractivity contribution in [2.45, 2.75) is 59.2 Å². The molecule has 0 aliphatic carbocycles. The summed E-state index contributed by atoms with van der Waals surface area (Å²) in [6, 6.07) is 1.11. The summed E-state index contributed by atoms with van der Waals surface area (Å²) in [5.41, 5.74) is 6.40. The van der Waals surface area contributed by atoms with Gasteiger partial charge in [-0.3, -0.25) is 9.59 Å². The van der Waals surface area contributed by atoms with Gasteiger partial charge in [-0.25, -0.2) is 0 Å². The fourth-order valence-electron chi connectivity index (χ4n) is 1.92. The average molecular weight is 294 g/mol. The molecule has 0 bridgehead atoms. The molecule has 0 saturated heterocycles. The van der Waals surface area contributed by atoms with Crippen LogP contribution < -0.4 is 16.4 Å². The van der Waals surface area contributed by atoms with Crippen molar-refractivity contribution in [3.05, 3.63) is 18.0 Å². The van der Waals surface area contributed by atoms with Gasteiger partial charge in [0.2, 0.25) is 5.91 Å². The zero-order chi connectivity index (χ0) is 16.4. The monoisotopic (exact) mass is 294 g/mol.